The number of nitriles is 1. The molecule has 0 atom stereocenters. The first-order valence-electron chi connectivity index (χ1n) is 9.33. The van der Waals surface area contributed by atoms with E-state index in [2.05, 4.69) is 20.6 Å². The van der Waals surface area contributed by atoms with Crippen molar-refractivity contribution in [1.82, 2.24) is 9.97 Å². The van der Waals surface area contributed by atoms with Gasteiger partial charge in [0.15, 0.2) is 11.6 Å². The van der Waals surface area contributed by atoms with Gasteiger partial charge in [-0.3, -0.25) is 0 Å². The predicted molar refractivity (Wildman–Crippen MR) is 106 cm³/mol. The van der Waals surface area contributed by atoms with Crippen LogP contribution in [0.25, 0.3) is 10.9 Å². The fourth-order valence-electron chi connectivity index (χ4n) is 3.41. The van der Waals surface area contributed by atoms with Crippen LogP contribution in [0.3, 0.4) is 0 Å². The fraction of sp³-hybridized carbons (Fsp3) is 0.250. The monoisotopic (exact) mass is 432 g/mol. The molecule has 0 aliphatic carbocycles. The highest BCUT2D eigenvalue weighted by Gasteiger charge is 2.35. The van der Waals surface area contributed by atoms with Crippen molar-refractivity contribution in [2.75, 3.05) is 28.6 Å². The summed E-state index contributed by atoms with van der Waals surface area (Å²) < 4.78 is 53.6. The number of hydrogen-bond acceptors (Lipinski definition) is 4. The summed E-state index contributed by atoms with van der Waals surface area (Å²) in [6.45, 7) is 0.138. The number of H-pyrrole nitrogens is 1. The van der Waals surface area contributed by atoms with E-state index in [0.717, 1.165) is 12.1 Å². The van der Waals surface area contributed by atoms with Crippen LogP contribution in [0.15, 0.2) is 30.6 Å². The molecular formula is C20H16F4N6O. The predicted octanol–water partition coefficient (Wildman–Crippen LogP) is 4.59. The normalized spacial score (nSPS) is 15.5. The van der Waals surface area contributed by atoms with Crippen LogP contribution in [-0.2, 0) is 0 Å². The van der Waals surface area contributed by atoms with Crippen molar-refractivity contribution in [3.05, 3.63) is 47.8 Å². The smallest absolute Gasteiger partial charge is 0.323 e. The maximum Gasteiger partial charge on any atom is 0.323 e. The molecule has 2 aromatic heterocycles. The molecule has 3 N–H and O–H groups in total. The van der Waals surface area contributed by atoms with E-state index >= 15 is 0 Å². The summed E-state index contributed by atoms with van der Waals surface area (Å²) in [6.07, 6.45) is 2.05. The number of anilines is 3. The molecule has 2 amide bonds. The minimum Gasteiger partial charge on any atom is -0.359 e. The molecule has 3 heterocycles. The van der Waals surface area contributed by atoms with Gasteiger partial charge >= 0.3 is 6.03 Å². The number of hydrogen-bond donors (Lipinski definition) is 3. The lowest BCUT2D eigenvalue weighted by Crippen LogP contribution is -2.40. The number of piperidine rings is 1. The Labute approximate surface area is 173 Å². The second-order valence-electron chi connectivity index (χ2n) is 7.14. The third-order valence-corrected chi connectivity index (χ3v) is 5.01. The van der Waals surface area contributed by atoms with Gasteiger partial charge in [0.05, 0.1) is 28.7 Å². The van der Waals surface area contributed by atoms with Crippen molar-refractivity contribution in [2.24, 2.45) is 0 Å². The Morgan fingerprint density at radius 1 is 1.16 bits per heavy atom. The summed E-state index contributed by atoms with van der Waals surface area (Å²) in [7, 11) is 0. The molecule has 0 bridgehead atoms. The third-order valence-electron chi connectivity index (χ3n) is 5.01. The van der Waals surface area contributed by atoms with E-state index < -0.39 is 23.6 Å². The molecule has 0 radical (unpaired) electrons. The van der Waals surface area contributed by atoms with Crippen LogP contribution in [0, 0.1) is 23.0 Å². The van der Waals surface area contributed by atoms with E-state index in [9.17, 15) is 27.6 Å². The van der Waals surface area contributed by atoms with Gasteiger partial charge in [0.25, 0.3) is 5.92 Å². The molecule has 160 valence electrons. The van der Waals surface area contributed by atoms with Gasteiger partial charge in [0, 0.05) is 43.6 Å². The zero-order valence-electron chi connectivity index (χ0n) is 16.0. The first-order chi connectivity index (χ1) is 14.8. The summed E-state index contributed by atoms with van der Waals surface area (Å²) in [4.78, 5) is 20.8. The number of aromatic amines is 1. The maximum atomic E-state index is 13.5. The minimum absolute atomic E-state index is 0.0691. The van der Waals surface area contributed by atoms with Gasteiger partial charge in [-0.05, 0) is 12.1 Å². The lowest BCUT2D eigenvalue weighted by Gasteiger charge is -2.33. The Morgan fingerprint density at radius 3 is 2.58 bits per heavy atom. The highest BCUT2D eigenvalue weighted by Crippen LogP contribution is 2.31. The molecule has 0 unspecified atom stereocenters. The molecule has 7 nitrogen and oxygen atoms in total. The first-order valence-corrected chi connectivity index (χ1v) is 9.33. The number of rotatable bonds is 3. The molecule has 3 aromatic rings. The van der Waals surface area contributed by atoms with Crippen LogP contribution in [0.4, 0.5) is 39.5 Å². The molecule has 1 saturated heterocycles. The van der Waals surface area contributed by atoms with Crippen molar-refractivity contribution in [3.8, 4) is 6.07 Å². The van der Waals surface area contributed by atoms with E-state index in [1.54, 1.807) is 4.90 Å². The number of halogens is 4. The molecule has 4 rings (SSSR count). The van der Waals surface area contributed by atoms with Crippen LogP contribution in [0.1, 0.15) is 18.4 Å². The molecule has 1 aliphatic heterocycles. The highest BCUT2D eigenvalue weighted by molar-refractivity contribution is 6.06. The molecule has 11 heteroatoms. The Morgan fingerprint density at radius 2 is 1.87 bits per heavy atom. The Kier molecular flexibility index (Phi) is 5.14. The number of carbonyl (C=O) groups is 1. The van der Waals surface area contributed by atoms with Crippen molar-refractivity contribution in [1.29, 1.82) is 5.26 Å². The quantitative estimate of drug-likeness (QED) is 0.528. The first kappa shape index (κ1) is 20.5. The van der Waals surface area contributed by atoms with Crippen LogP contribution in [0.5, 0.6) is 0 Å². The van der Waals surface area contributed by atoms with Crippen LogP contribution in [0.2, 0.25) is 0 Å². The number of carbonyl (C=O) groups excluding carboxylic acids is 1. The Balaban J connectivity index is 1.48. The van der Waals surface area contributed by atoms with Gasteiger partial charge < -0.3 is 20.5 Å². The second-order valence-corrected chi connectivity index (χ2v) is 7.14. The van der Waals surface area contributed by atoms with Crippen LogP contribution in [-0.4, -0.2) is 35.0 Å². The molecule has 1 aromatic carbocycles. The summed E-state index contributed by atoms with van der Waals surface area (Å²) in [5.74, 6) is -4.51. The summed E-state index contributed by atoms with van der Waals surface area (Å²) in [5, 5.41) is 14.7. The Hall–Kier alpha value is -3.81. The summed E-state index contributed by atoms with van der Waals surface area (Å²) >= 11 is 0. The minimum atomic E-state index is -2.72. The van der Waals surface area contributed by atoms with Gasteiger partial charge in [-0.1, -0.05) is 0 Å². The number of aromatic nitrogens is 2. The number of pyridine rings is 1. The van der Waals surface area contributed by atoms with E-state index in [0.29, 0.717) is 5.52 Å². The van der Waals surface area contributed by atoms with Crippen LogP contribution < -0.4 is 15.5 Å². The number of urea groups is 1. The number of alkyl halides is 2. The van der Waals surface area contributed by atoms with Gasteiger partial charge in [-0.25, -0.2) is 27.3 Å². The third kappa shape index (κ3) is 4.23. The fourth-order valence-corrected chi connectivity index (χ4v) is 3.41. The second kappa shape index (κ2) is 7.79. The largest absolute Gasteiger partial charge is 0.359 e. The molecule has 31 heavy (non-hydrogen) atoms. The number of amides is 2. The molecule has 0 saturated carbocycles. The van der Waals surface area contributed by atoms with Gasteiger partial charge in [0.2, 0.25) is 0 Å². The van der Waals surface area contributed by atoms with Crippen LogP contribution >= 0.6 is 0 Å². The number of fused-ring (bicyclic) bond motifs is 1. The van der Waals surface area contributed by atoms with Crippen molar-refractivity contribution >= 4 is 34.1 Å². The summed E-state index contributed by atoms with van der Waals surface area (Å²) in [6, 6.07) is 4.60. The maximum absolute atomic E-state index is 13.5. The number of nitrogens with one attached hydrogen (secondary N) is 3. The van der Waals surface area contributed by atoms with Crippen molar-refractivity contribution in [2.45, 2.75) is 18.8 Å². The zero-order chi connectivity index (χ0) is 22.2. The van der Waals surface area contributed by atoms with E-state index in [1.165, 1.54) is 18.5 Å². The molecule has 1 fully saturated rings. The van der Waals surface area contributed by atoms with Crippen molar-refractivity contribution < 1.29 is 22.4 Å². The molecule has 1 aliphatic rings. The molecule has 0 spiro atoms. The number of benzene rings is 1. The van der Waals surface area contributed by atoms with Gasteiger partial charge in [-0.2, -0.15) is 5.26 Å². The Bertz CT molecular complexity index is 1190. The topological polar surface area (TPSA) is 96.8 Å². The zero-order valence-corrected chi connectivity index (χ0v) is 16.0. The SMILES string of the molecule is N#Cc1cc(NC(=O)Nc2c[nH]c3cc(F)c(F)cc23)cnc1N1CCC(F)(F)CC1. The van der Waals surface area contributed by atoms with Gasteiger partial charge in [-0.15, -0.1) is 0 Å². The van der Waals surface area contributed by atoms with Gasteiger partial charge in [0.1, 0.15) is 11.9 Å². The van der Waals surface area contributed by atoms with E-state index in [-0.39, 0.29) is 54.1 Å². The lowest BCUT2D eigenvalue weighted by molar-refractivity contribution is -0.0221. The number of nitrogens with zero attached hydrogens (tertiary/aromatic N) is 3. The van der Waals surface area contributed by atoms with E-state index in [1.807, 2.05) is 6.07 Å². The average molecular weight is 432 g/mol. The molecular weight excluding hydrogens is 416 g/mol. The van der Waals surface area contributed by atoms with Crippen molar-refractivity contribution in [3.63, 3.8) is 0 Å². The van der Waals surface area contributed by atoms with E-state index in [4.69, 9.17) is 0 Å². The summed E-state index contributed by atoms with van der Waals surface area (Å²) in [5.41, 5.74) is 0.870. The highest BCUT2D eigenvalue weighted by atomic mass is 19.3. The average Bonchev–Trinajstić information content (AvgIpc) is 3.09. The standard InChI is InChI=1S/C20H16F4N6O/c21-14-6-13-16(7-15(14)22)26-10-17(13)29-19(31)28-12-5-11(8-25)18(27-9-12)30-3-1-20(23,24)2-4-30/h5-7,9-10,26H,1-4H2,(H2,28,29,31). The lowest BCUT2D eigenvalue weighted by atomic mass is 10.1.